The Morgan fingerprint density at radius 3 is 0.618 bits per heavy atom. The van der Waals surface area contributed by atoms with Crippen LogP contribution < -0.4 is 20.7 Å². The molecule has 0 saturated heterocycles. The summed E-state index contributed by atoms with van der Waals surface area (Å²) in [5.74, 6) is 6.54. The Morgan fingerprint density at radius 2 is 0.434 bits per heavy atom. The summed E-state index contributed by atoms with van der Waals surface area (Å²) in [5.41, 5.74) is 0. The molecule has 0 unspecified atom stereocenters. The zero-order valence-electron chi connectivity index (χ0n) is 52.0. The van der Waals surface area contributed by atoms with Gasteiger partial charge in [-0.05, 0) is 91.0 Å². The Balaban J connectivity index is 0.976. The molecule has 4 heteroatoms. The van der Waals surface area contributed by atoms with E-state index >= 15 is 0 Å². The van der Waals surface area contributed by atoms with Crippen molar-refractivity contribution in [1.82, 2.24) is 0 Å². The van der Waals surface area contributed by atoms with Gasteiger partial charge in [-0.3, -0.25) is 0 Å². The number of rotatable bonds is 39. The highest BCUT2D eigenvalue weighted by Crippen LogP contribution is 2.39. The first-order chi connectivity index (χ1) is 36.3. The summed E-state index contributed by atoms with van der Waals surface area (Å²) in [4.78, 5) is 0. The van der Waals surface area contributed by atoms with Crippen molar-refractivity contribution in [3.63, 3.8) is 0 Å². The third-order valence-electron chi connectivity index (χ3n) is 18.2. The van der Waals surface area contributed by atoms with E-state index in [0.717, 1.165) is 61.6 Å². The summed E-state index contributed by atoms with van der Waals surface area (Å²) in [6.07, 6.45) is 30.1. The van der Waals surface area contributed by atoms with Crippen LogP contribution in [0.4, 0.5) is 0 Å². The molecule has 0 bridgehead atoms. The van der Waals surface area contributed by atoms with Crippen LogP contribution in [0.1, 0.15) is 238 Å². The Hall–Kier alpha value is -2.77. The summed E-state index contributed by atoms with van der Waals surface area (Å²) in [5, 5.41) is 5.62. The lowest BCUT2D eigenvalue weighted by molar-refractivity contribution is 0.260. The van der Waals surface area contributed by atoms with Gasteiger partial charge in [0.2, 0.25) is 0 Å². The second-order valence-electron chi connectivity index (χ2n) is 27.6. The van der Waals surface area contributed by atoms with Gasteiger partial charge in [-0.15, -0.1) is 0 Å². The predicted molar refractivity (Wildman–Crippen MR) is 342 cm³/mol. The molecule has 4 aromatic carbocycles. The third kappa shape index (κ3) is 22.1. The average Bonchev–Trinajstić information content (AvgIpc) is 3.40. The van der Waals surface area contributed by atoms with E-state index in [-0.39, 0.29) is 10.1 Å². The molecule has 0 radical (unpaired) electrons. The Labute approximate surface area is 473 Å². The molecule has 426 valence electrons. The monoisotopic (exact) mass is 1070 g/mol. The van der Waals surface area contributed by atoms with Crippen molar-refractivity contribution in [3.05, 3.63) is 121 Å². The lowest BCUT2D eigenvalue weighted by Gasteiger charge is -2.43. The average molecular weight is 1070 g/mol. The number of hydrogen-bond acceptors (Lipinski definition) is 2. The van der Waals surface area contributed by atoms with Crippen molar-refractivity contribution >= 4 is 37.4 Å². The molecule has 0 saturated carbocycles. The molecule has 76 heavy (non-hydrogen) atoms. The van der Waals surface area contributed by atoms with Gasteiger partial charge in [-0.1, -0.05) is 347 Å². The van der Waals surface area contributed by atoms with Gasteiger partial charge in [0.25, 0.3) is 16.6 Å². The van der Waals surface area contributed by atoms with E-state index < -0.39 is 16.6 Å². The minimum atomic E-state index is -2.44. The maximum atomic E-state index is 7.21. The van der Waals surface area contributed by atoms with Gasteiger partial charge in [0.15, 0.2) is 0 Å². The lowest BCUT2D eigenvalue weighted by atomic mass is 9.88. The summed E-state index contributed by atoms with van der Waals surface area (Å²) >= 11 is 0. The van der Waals surface area contributed by atoms with Crippen LogP contribution in [0.25, 0.3) is 0 Å². The zero-order valence-corrected chi connectivity index (χ0v) is 54.0. The maximum absolute atomic E-state index is 7.21. The largest absolute Gasteiger partial charge is 0.407 e. The highest BCUT2D eigenvalue weighted by molar-refractivity contribution is 7.00. The molecule has 0 aliphatic heterocycles. The van der Waals surface area contributed by atoms with E-state index in [2.05, 4.69) is 218 Å². The Bertz CT molecular complexity index is 1810. The van der Waals surface area contributed by atoms with E-state index in [1.807, 2.05) is 0 Å². The summed E-state index contributed by atoms with van der Waals surface area (Å²) in [6.45, 7) is 36.0. The topological polar surface area (TPSA) is 18.5 Å². The fraction of sp³-hybridized carbons (Fsp3) is 0.667. The minimum absolute atomic E-state index is 0.0402. The molecule has 0 aromatic heterocycles. The van der Waals surface area contributed by atoms with E-state index in [1.165, 1.54) is 149 Å². The highest BCUT2D eigenvalue weighted by Gasteiger charge is 2.51. The fourth-order valence-corrected chi connectivity index (χ4v) is 22.1. The van der Waals surface area contributed by atoms with E-state index in [0.29, 0.717) is 11.8 Å². The van der Waals surface area contributed by atoms with Crippen molar-refractivity contribution in [2.45, 2.75) is 248 Å². The normalized spacial score (nSPS) is 15.9. The van der Waals surface area contributed by atoms with Crippen LogP contribution in [0.15, 0.2) is 121 Å². The molecule has 0 spiro atoms. The van der Waals surface area contributed by atoms with Gasteiger partial charge in [-0.2, -0.15) is 0 Å². The van der Waals surface area contributed by atoms with Gasteiger partial charge in [0, 0.05) is 13.2 Å². The van der Waals surface area contributed by atoms with Gasteiger partial charge < -0.3 is 8.85 Å². The molecule has 2 nitrogen and oxygen atoms in total. The Kier molecular flexibility index (Phi) is 29.8. The molecule has 4 aromatic rings. The zero-order chi connectivity index (χ0) is 55.5. The fourth-order valence-electron chi connectivity index (χ4n) is 13.0. The SMILES string of the molecule is C[C@H](CCC[C@H](C)CCC[C@@H](C)CC[C@H](C)CCC[C@@H](C)CCC[C@@H](C)CCC[C@@H](C)CCO[Si](c1ccccc1)(c1ccccc1)C(C)(C)C)CCC[C@@H](C)CCO[Si](c1ccccc1)(c1ccccc1)C(C)(C)C. The smallest absolute Gasteiger partial charge is 0.261 e. The van der Waals surface area contributed by atoms with Crippen LogP contribution in [0.5, 0.6) is 0 Å². The van der Waals surface area contributed by atoms with Gasteiger partial charge in [-0.25, -0.2) is 0 Å². The number of benzene rings is 4. The lowest BCUT2D eigenvalue weighted by Crippen LogP contribution is -2.66. The summed E-state index contributed by atoms with van der Waals surface area (Å²) in [6, 6.07) is 44.5. The first-order valence-corrected chi connectivity index (χ1v) is 35.6. The first kappa shape index (κ1) is 65.8. The quantitative estimate of drug-likeness (QED) is 0.0415. The maximum Gasteiger partial charge on any atom is 0.261 e. The van der Waals surface area contributed by atoms with Crippen LogP contribution in [-0.2, 0) is 8.85 Å². The van der Waals surface area contributed by atoms with Crippen LogP contribution in [0.2, 0.25) is 10.1 Å². The summed E-state index contributed by atoms with van der Waals surface area (Å²) in [7, 11) is -4.89. The second kappa shape index (κ2) is 34.4. The van der Waals surface area contributed by atoms with Crippen LogP contribution in [0.3, 0.4) is 0 Å². The minimum Gasteiger partial charge on any atom is -0.407 e. The third-order valence-corrected chi connectivity index (χ3v) is 28.3. The molecular weight excluding hydrogens is 953 g/mol. The first-order valence-electron chi connectivity index (χ1n) is 31.8. The molecule has 0 aliphatic rings. The second-order valence-corrected chi connectivity index (χ2v) is 36.2. The van der Waals surface area contributed by atoms with Crippen molar-refractivity contribution < 1.29 is 8.85 Å². The molecule has 8 atom stereocenters. The van der Waals surface area contributed by atoms with Crippen molar-refractivity contribution in [2.24, 2.45) is 47.3 Å². The standard InChI is InChI=1S/C72H118O2Si2/c1-59(33-27-35-61(3)39-31-43-65(7)55-57-73-75(71(9,10)11,67-45-19-15-20-46-67)68-47-21-16-22-48-68)37-29-41-63(5)53-54-64(6)42-30-38-60(2)34-28-36-62(4)40-32-44-66(8)56-58-74-76(72(12,13)14,69-49-23-17-24-50-69)70-51-25-18-26-52-70/h15-26,45-52,59-66H,27-44,53-58H2,1-14H3/t59-,60-,61+,62+,63+,64+,65+,66+/m0/s1. The molecule has 4 rings (SSSR count). The van der Waals surface area contributed by atoms with Gasteiger partial charge in [0.05, 0.1) is 0 Å². The van der Waals surface area contributed by atoms with Crippen molar-refractivity contribution in [3.8, 4) is 0 Å². The van der Waals surface area contributed by atoms with Crippen LogP contribution in [-0.4, -0.2) is 29.8 Å². The molecule has 0 N–H and O–H groups in total. The van der Waals surface area contributed by atoms with E-state index in [4.69, 9.17) is 8.85 Å². The van der Waals surface area contributed by atoms with E-state index in [9.17, 15) is 0 Å². The Morgan fingerprint density at radius 1 is 0.263 bits per heavy atom. The number of hydrogen-bond donors (Lipinski definition) is 0. The highest BCUT2D eigenvalue weighted by atomic mass is 28.4. The van der Waals surface area contributed by atoms with Crippen LogP contribution >= 0.6 is 0 Å². The molecule has 0 heterocycles. The van der Waals surface area contributed by atoms with E-state index in [1.54, 1.807) is 0 Å². The molecular formula is C72H118O2Si2. The summed E-state index contributed by atoms with van der Waals surface area (Å²) < 4.78 is 14.4. The molecule has 0 amide bonds. The van der Waals surface area contributed by atoms with Crippen molar-refractivity contribution in [2.75, 3.05) is 13.2 Å². The predicted octanol–water partition coefficient (Wildman–Crippen LogP) is 19.8. The van der Waals surface area contributed by atoms with Crippen molar-refractivity contribution in [1.29, 1.82) is 0 Å². The molecule has 0 fully saturated rings. The van der Waals surface area contributed by atoms with Gasteiger partial charge in [0.1, 0.15) is 0 Å². The van der Waals surface area contributed by atoms with Gasteiger partial charge >= 0.3 is 0 Å². The molecule has 0 aliphatic carbocycles. The van der Waals surface area contributed by atoms with Crippen LogP contribution in [0, 0.1) is 47.3 Å².